The van der Waals surface area contributed by atoms with Gasteiger partial charge in [-0.2, -0.15) is 5.10 Å². The van der Waals surface area contributed by atoms with Crippen molar-refractivity contribution in [1.29, 1.82) is 0 Å². The van der Waals surface area contributed by atoms with E-state index < -0.39 is 0 Å². The van der Waals surface area contributed by atoms with Crippen LogP contribution < -0.4 is 5.32 Å². The highest BCUT2D eigenvalue weighted by molar-refractivity contribution is 7.98. The van der Waals surface area contributed by atoms with Crippen molar-refractivity contribution in [3.63, 3.8) is 0 Å². The van der Waals surface area contributed by atoms with Gasteiger partial charge < -0.3 is 5.32 Å². The van der Waals surface area contributed by atoms with Gasteiger partial charge in [-0.1, -0.05) is 25.7 Å². The Hall–Kier alpha value is -1.30. The van der Waals surface area contributed by atoms with Crippen LogP contribution in [0.1, 0.15) is 38.5 Å². The number of nitrogens with one attached hydrogen (secondary N) is 2. The van der Waals surface area contributed by atoms with Gasteiger partial charge in [0.15, 0.2) is 5.65 Å². The molecule has 0 aliphatic heterocycles. The molecule has 3 rings (SSSR count). The van der Waals surface area contributed by atoms with E-state index in [4.69, 9.17) is 0 Å². The topological polar surface area (TPSA) is 66.5 Å². The Labute approximate surface area is 117 Å². The lowest BCUT2D eigenvalue weighted by Gasteiger charge is -2.17. The zero-order valence-corrected chi connectivity index (χ0v) is 12.0. The maximum Gasteiger partial charge on any atom is 0.161 e. The second-order valence-corrected chi connectivity index (χ2v) is 5.81. The Balaban J connectivity index is 1.88. The van der Waals surface area contributed by atoms with E-state index in [1.165, 1.54) is 38.5 Å². The fourth-order valence-electron chi connectivity index (χ4n) is 2.71. The van der Waals surface area contributed by atoms with Crippen molar-refractivity contribution in [1.82, 2.24) is 20.2 Å². The summed E-state index contributed by atoms with van der Waals surface area (Å²) >= 11 is 1.62. The van der Waals surface area contributed by atoms with Crippen LogP contribution in [-0.2, 0) is 0 Å². The molecule has 6 heteroatoms. The predicted octanol–water partition coefficient (Wildman–Crippen LogP) is 3.21. The first-order valence-corrected chi connectivity index (χ1v) is 8.10. The molecule has 1 aliphatic rings. The first kappa shape index (κ1) is 12.7. The van der Waals surface area contributed by atoms with Crippen molar-refractivity contribution in [2.45, 2.75) is 49.6 Å². The van der Waals surface area contributed by atoms with Gasteiger partial charge in [-0.15, -0.1) is 11.8 Å². The number of hydrogen-bond acceptors (Lipinski definition) is 5. The van der Waals surface area contributed by atoms with Crippen LogP contribution in [0.2, 0.25) is 0 Å². The molecule has 5 nitrogen and oxygen atoms in total. The van der Waals surface area contributed by atoms with Crippen molar-refractivity contribution in [2.24, 2.45) is 0 Å². The molecule has 19 heavy (non-hydrogen) atoms. The number of nitrogens with zero attached hydrogens (tertiary/aromatic N) is 3. The van der Waals surface area contributed by atoms with Gasteiger partial charge >= 0.3 is 0 Å². The Morgan fingerprint density at radius 3 is 2.74 bits per heavy atom. The highest BCUT2D eigenvalue weighted by atomic mass is 32.2. The number of anilines is 1. The van der Waals surface area contributed by atoms with Gasteiger partial charge in [-0.25, -0.2) is 9.97 Å². The fourth-order valence-corrected chi connectivity index (χ4v) is 3.24. The van der Waals surface area contributed by atoms with E-state index in [1.54, 1.807) is 18.1 Å². The summed E-state index contributed by atoms with van der Waals surface area (Å²) in [7, 11) is 0. The number of hydrogen-bond donors (Lipinski definition) is 2. The smallest absolute Gasteiger partial charge is 0.161 e. The van der Waals surface area contributed by atoms with E-state index in [-0.39, 0.29) is 0 Å². The molecular weight excluding hydrogens is 258 g/mol. The summed E-state index contributed by atoms with van der Waals surface area (Å²) < 4.78 is 0. The lowest BCUT2D eigenvalue weighted by molar-refractivity contribution is 0.618. The first-order chi connectivity index (χ1) is 9.38. The lowest BCUT2D eigenvalue weighted by atomic mass is 10.1. The highest BCUT2D eigenvalue weighted by Crippen LogP contribution is 2.29. The average Bonchev–Trinajstić information content (AvgIpc) is 2.69. The Morgan fingerprint density at radius 1 is 1.21 bits per heavy atom. The largest absolute Gasteiger partial charge is 0.367 e. The second-order valence-electron chi connectivity index (χ2n) is 5.01. The molecule has 0 spiro atoms. The minimum Gasteiger partial charge on any atom is -0.367 e. The third-order valence-corrected chi connectivity index (χ3v) is 4.40. The number of aromatic nitrogens is 4. The molecule has 1 saturated carbocycles. The zero-order valence-electron chi connectivity index (χ0n) is 11.1. The number of thioether (sulfide) groups is 1. The van der Waals surface area contributed by atoms with Crippen molar-refractivity contribution >= 4 is 28.6 Å². The first-order valence-electron chi connectivity index (χ1n) is 6.88. The van der Waals surface area contributed by atoms with E-state index in [9.17, 15) is 0 Å². The molecule has 0 unspecified atom stereocenters. The van der Waals surface area contributed by atoms with Crippen LogP contribution in [0.15, 0.2) is 11.4 Å². The normalized spacial score (nSPS) is 17.5. The summed E-state index contributed by atoms with van der Waals surface area (Å²) in [6, 6.07) is 0.533. The van der Waals surface area contributed by atoms with Gasteiger partial charge in [0, 0.05) is 6.04 Å². The van der Waals surface area contributed by atoms with Crippen LogP contribution in [0.5, 0.6) is 0 Å². The van der Waals surface area contributed by atoms with Gasteiger partial charge in [0.05, 0.1) is 5.39 Å². The van der Waals surface area contributed by atoms with Gasteiger partial charge in [0.25, 0.3) is 0 Å². The van der Waals surface area contributed by atoms with Crippen LogP contribution in [0.4, 0.5) is 5.82 Å². The molecule has 0 saturated heterocycles. The van der Waals surface area contributed by atoms with Crippen LogP contribution >= 0.6 is 11.8 Å². The molecule has 2 aromatic heterocycles. The van der Waals surface area contributed by atoms with Crippen molar-refractivity contribution < 1.29 is 0 Å². The Bertz CT molecular complexity index is 545. The van der Waals surface area contributed by atoms with Crippen molar-refractivity contribution in [3.05, 3.63) is 6.33 Å². The summed E-state index contributed by atoms with van der Waals surface area (Å²) in [5.41, 5.74) is 0.815. The van der Waals surface area contributed by atoms with Crippen LogP contribution in [0.25, 0.3) is 11.0 Å². The van der Waals surface area contributed by atoms with Gasteiger partial charge in [-0.3, -0.25) is 5.10 Å². The molecule has 1 aliphatic carbocycles. The van der Waals surface area contributed by atoms with E-state index in [0.717, 1.165) is 21.9 Å². The van der Waals surface area contributed by atoms with E-state index >= 15 is 0 Å². The van der Waals surface area contributed by atoms with Crippen molar-refractivity contribution in [2.75, 3.05) is 11.6 Å². The highest BCUT2D eigenvalue weighted by Gasteiger charge is 2.17. The second kappa shape index (κ2) is 5.77. The molecule has 0 bridgehead atoms. The fraction of sp³-hybridized carbons (Fsp3) is 0.615. The van der Waals surface area contributed by atoms with Gasteiger partial charge in [0.1, 0.15) is 17.2 Å². The summed E-state index contributed by atoms with van der Waals surface area (Å²) in [6.45, 7) is 0. The molecule has 1 fully saturated rings. The third kappa shape index (κ3) is 2.68. The predicted molar refractivity (Wildman–Crippen MR) is 78.6 cm³/mol. The summed E-state index contributed by atoms with van der Waals surface area (Å²) in [5, 5.41) is 12.8. The SMILES string of the molecule is CSc1n[nH]c2ncnc(NC3CCCCCC3)c12. The van der Waals surface area contributed by atoms with Crippen LogP contribution in [0.3, 0.4) is 0 Å². The standard InChI is InChI=1S/C13H19N5S/c1-19-13-10-11(14-8-15-12(10)17-18-13)16-9-6-4-2-3-5-7-9/h8-9H,2-7H2,1H3,(H2,14,15,16,17,18). The number of fused-ring (bicyclic) bond motifs is 1. The molecule has 102 valence electrons. The summed E-state index contributed by atoms with van der Waals surface area (Å²) in [5.74, 6) is 0.926. The monoisotopic (exact) mass is 277 g/mol. The van der Waals surface area contributed by atoms with Crippen LogP contribution in [0, 0.1) is 0 Å². The van der Waals surface area contributed by atoms with Gasteiger partial charge in [0.2, 0.25) is 0 Å². The Kier molecular flexibility index (Phi) is 3.87. The van der Waals surface area contributed by atoms with E-state index in [2.05, 4.69) is 25.5 Å². The average molecular weight is 277 g/mol. The lowest BCUT2D eigenvalue weighted by Crippen LogP contribution is -2.19. The number of rotatable bonds is 3. The molecule has 2 heterocycles. The molecule has 0 aromatic carbocycles. The molecule has 2 aromatic rings. The van der Waals surface area contributed by atoms with Crippen molar-refractivity contribution in [3.8, 4) is 0 Å². The van der Waals surface area contributed by atoms with E-state index in [0.29, 0.717) is 6.04 Å². The molecule has 0 atom stereocenters. The third-order valence-electron chi connectivity index (χ3n) is 3.71. The summed E-state index contributed by atoms with van der Waals surface area (Å²) in [6.07, 6.45) is 11.4. The minimum atomic E-state index is 0.533. The quantitative estimate of drug-likeness (QED) is 0.666. The van der Waals surface area contributed by atoms with Gasteiger partial charge in [-0.05, 0) is 19.1 Å². The number of H-pyrrole nitrogens is 1. The summed E-state index contributed by atoms with van der Waals surface area (Å²) in [4.78, 5) is 8.66. The zero-order chi connectivity index (χ0) is 13.1. The molecule has 2 N–H and O–H groups in total. The minimum absolute atomic E-state index is 0.533. The Morgan fingerprint density at radius 2 is 2.00 bits per heavy atom. The number of aromatic amines is 1. The van der Waals surface area contributed by atoms with Crippen LogP contribution in [-0.4, -0.2) is 32.5 Å². The molecular formula is C13H19N5S. The molecule has 0 radical (unpaired) electrons. The molecule has 0 amide bonds. The maximum atomic E-state index is 4.42. The maximum absolute atomic E-state index is 4.42. The van der Waals surface area contributed by atoms with E-state index in [1.807, 2.05) is 6.26 Å².